The molecule has 2 saturated heterocycles. The van der Waals surface area contributed by atoms with Crippen LogP contribution in [-0.4, -0.2) is 45.9 Å². The van der Waals surface area contributed by atoms with Crippen LogP contribution in [0.15, 0.2) is 12.4 Å². The standard InChI is InChI=1S/C19H29N5O/c1-2-10-24-16(22-19(17(24)25)8-4-3-5-9-19)15-13-20-18(21-14-15)23-11-6-7-12-23/h13-14,16,22H,2-12H2,1H3/t16-/m1/s1. The monoisotopic (exact) mass is 343 g/mol. The Kier molecular flexibility index (Phi) is 4.63. The van der Waals surface area contributed by atoms with Gasteiger partial charge in [-0.2, -0.15) is 0 Å². The van der Waals surface area contributed by atoms with E-state index in [-0.39, 0.29) is 17.6 Å². The molecule has 4 rings (SSSR count). The van der Waals surface area contributed by atoms with Gasteiger partial charge in [-0.1, -0.05) is 26.2 Å². The van der Waals surface area contributed by atoms with E-state index in [1.165, 1.54) is 19.3 Å². The predicted octanol–water partition coefficient (Wildman–Crippen LogP) is 2.62. The Morgan fingerprint density at radius 3 is 2.44 bits per heavy atom. The van der Waals surface area contributed by atoms with Gasteiger partial charge >= 0.3 is 0 Å². The van der Waals surface area contributed by atoms with Crippen LogP contribution in [0.4, 0.5) is 5.95 Å². The van der Waals surface area contributed by atoms with Crippen LogP contribution in [0, 0.1) is 0 Å². The first-order chi connectivity index (χ1) is 12.2. The highest BCUT2D eigenvalue weighted by Gasteiger charge is 2.51. The predicted molar refractivity (Wildman–Crippen MR) is 97.2 cm³/mol. The van der Waals surface area contributed by atoms with Gasteiger partial charge in [-0.05, 0) is 32.1 Å². The molecule has 1 spiro atoms. The topological polar surface area (TPSA) is 61.4 Å². The fourth-order valence-electron chi connectivity index (χ4n) is 4.59. The van der Waals surface area contributed by atoms with Gasteiger partial charge in [0.2, 0.25) is 11.9 Å². The van der Waals surface area contributed by atoms with E-state index in [4.69, 9.17) is 0 Å². The average Bonchev–Trinajstić information content (AvgIpc) is 3.27. The summed E-state index contributed by atoms with van der Waals surface area (Å²) in [4.78, 5) is 26.6. The summed E-state index contributed by atoms with van der Waals surface area (Å²) in [6.45, 7) is 5.00. The molecule has 1 atom stereocenters. The Labute approximate surface area is 150 Å². The van der Waals surface area contributed by atoms with Gasteiger partial charge in [0.1, 0.15) is 6.17 Å². The van der Waals surface area contributed by atoms with Crippen molar-refractivity contribution in [1.29, 1.82) is 0 Å². The van der Waals surface area contributed by atoms with Crippen LogP contribution in [0.3, 0.4) is 0 Å². The summed E-state index contributed by atoms with van der Waals surface area (Å²) in [6, 6.07) is 0. The number of nitrogens with zero attached hydrogens (tertiary/aromatic N) is 4. The average molecular weight is 343 g/mol. The van der Waals surface area contributed by atoms with Gasteiger partial charge in [0.25, 0.3) is 0 Å². The van der Waals surface area contributed by atoms with Gasteiger partial charge in [0.05, 0.1) is 5.54 Å². The number of carbonyl (C=O) groups excluding carboxylic acids is 1. The lowest BCUT2D eigenvalue weighted by atomic mass is 9.81. The van der Waals surface area contributed by atoms with Crippen molar-refractivity contribution in [1.82, 2.24) is 20.2 Å². The van der Waals surface area contributed by atoms with Gasteiger partial charge in [-0.3, -0.25) is 10.1 Å². The summed E-state index contributed by atoms with van der Waals surface area (Å²) in [5, 5.41) is 3.68. The molecule has 1 amide bonds. The number of amides is 1. The quantitative estimate of drug-likeness (QED) is 0.910. The highest BCUT2D eigenvalue weighted by molar-refractivity contribution is 5.89. The van der Waals surface area contributed by atoms with E-state index < -0.39 is 0 Å². The number of rotatable bonds is 4. The maximum atomic E-state index is 13.1. The Balaban J connectivity index is 1.57. The van der Waals surface area contributed by atoms with Gasteiger partial charge < -0.3 is 9.80 Å². The highest BCUT2D eigenvalue weighted by atomic mass is 16.2. The molecule has 6 heteroatoms. The highest BCUT2D eigenvalue weighted by Crippen LogP contribution is 2.39. The summed E-state index contributed by atoms with van der Waals surface area (Å²) >= 11 is 0. The van der Waals surface area contributed by atoms with Crippen LogP contribution in [0.1, 0.15) is 70.0 Å². The van der Waals surface area contributed by atoms with Gasteiger partial charge in [-0.25, -0.2) is 9.97 Å². The lowest BCUT2D eigenvalue weighted by molar-refractivity contribution is -0.134. The normalized spacial score (nSPS) is 26.0. The fraction of sp³-hybridized carbons (Fsp3) is 0.737. The zero-order valence-electron chi connectivity index (χ0n) is 15.2. The minimum atomic E-state index is -0.355. The minimum absolute atomic E-state index is 0.0850. The molecule has 1 aromatic heterocycles. The second-order valence-electron chi connectivity index (χ2n) is 7.70. The van der Waals surface area contributed by atoms with Crippen LogP contribution < -0.4 is 10.2 Å². The Morgan fingerprint density at radius 1 is 1.12 bits per heavy atom. The third-order valence-corrected chi connectivity index (χ3v) is 5.93. The van der Waals surface area contributed by atoms with Crippen molar-refractivity contribution in [3.05, 3.63) is 18.0 Å². The molecule has 1 aromatic rings. The van der Waals surface area contributed by atoms with E-state index in [1.807, 2.05) is 17.3 Å². The van der Waals surface area contributed by atoms with Crippen molar-refractivity contribution in [3.8, 4) is 0 Å². The maximum absolute atomic E-state index is 13.1. The number of aromatic nitrogens is 2. The Bertz CT molecular complexity index is 605. The summed E-state index contributed by atoms with van der Waals surface area (Å²) in [5.74, 6) is 1.10. The van der Waals surface area contributed by atoms with Crippen molar-refractivity contribution in [3.63, 3.8) is 0 Å². The molecule has 1 saturated carbocycles. The lowest BCUT2D eigenvalue weighted by Crippen LogP contribution is -2.48. The molecule has 3 fully saturated rings. The molecule has 25 heavy (non-hydrogen) atoms. The number of carbonyl (C=O) groups is 1. The van der Waals surface area contributed by atoms with E-state index in [0.717, 1.165) is 63.3 Å². The first-order valence-electron chi connectivity index (χ1n) is 9.89. The number of nitrogens with one attached hydrogen (secondary N) is 1. The van der Waals surface area contributed by atoms with Gasteiger partial charge in [-0.15, -0.1) is 0 Å². The molecule has 0 aromatic carbocycles. The second kappa shape index (κ2) is 6.90. The maximum Gasteiger partial charge on any atom is 0.244 e. The van der Waals surface area contributed by atoms with Crippen molar-refractivity contribution < 1.29 is 4.79 Å². The van der Waals surface area contributed by atoms with Crippen LogP contribution in [0.2, 0.25) is 0 Å². The molecule has 0 radical (unpaired) electrons. The van der Waals surface area contributed by atoms with E-state index in [1.54, 1.807) is 0 Å². The molecule has 0 unspecified atom stereocenters. The molecule has 6 nitrogen and oxygen atoms in total. The zero-order chi connectivity index (χ0) is 17.3. The summed E-state index contributed by atoms with van der Waals surface area (Å²) in [5.41, 5.74) is 0.651. The largest absolute Gasteiger partial charge is 0.341 e. The van der Waals surface area contributed by atoms with E-state index in [0.29, 0.717) is 0 Å². The molecule has 1 aliphatic carbocycles. The van der Waals surface area contributed by atoms with Crippen molar-refractivity contribution >= 4 is 11.9 Å². The third kappa shape index (κ3) is 3.01. The van der Waals surface area contributed by atoms with Crippen LogP contribution in [0.25, 0.3) is 0 Å². The Morgan fingerprint density at radius 2 is 1.80 bits per heavy atom. The van der Waals surface area contributed by atoms with E-state index >= 15 is 0 Å². The van der Waals surface area contributed by atoms with Gasteiger partial charge in [0.15, 0.2) is 0 Å². The summed E-state index contributed by atoms with van der Waals surface area (Å²) < 4.78 is 0. The third-order valence-electron chi connectivity index (χ3n) is 5.93. The molecule has 2 aliphatic heterocycles. The molecular formula is C19H29N5O. The smallest absolute Gasteiger partial charge is 0.244 e. The minimum Gasteiger partial charge on any atom is -0.341 e. The SMILES string of the molecule is CCCN1C(=O)C2(CCCCC2)N[C@H]1c1cnc(N2CCCC2)nc1. The number of hydrogen-bond donors (Lipinski definition) is 1. The van der Waals surface area contributed by atoms with Crippen molar-refractivity contribution in [2.75, 3.05) is 24.5 Å². The molecular weight excluding hydrogens is 314 g/mol. The van der Waals surface area contributed by atoms with Gasteiger partial charge in [0, 0.05) is 37.6 Å². The van der Waals surface area contributed by atoms with Crippen LogP contribution in [0.5, 0.6) is 0 Å². The summed E-state index contributed by atoms with van der Waals surface area (Å²) in [7, 11) is 0. The Hall–Kier alpha value is -1.69. The second-order valence-corrected chi connectivity index (χ2v) is 7.70. The number of hydrogen-bond acceptors (Lipinski definition) is 5. The van der Waals surface area contributed by atoms with Crippen molar-refractivity contribution in [2.24, 2.45) is 0 Å². The summed E-state index contributed by atoms with van der Waals surface area (Å²) in [6.07, 6.45) is 12.6. The fourth-order valence-corrected chi connectivity index (χ4v) is 4.59. The molecule has 3 aliphatic rings. The molecule has 136 valence electrons. The van der Waals surface area contributed by atoms with Crippen molar-refractivity contribution in [2.45, 2.75) is 70.0 Å². The zero-order valence-corrected chi connectivity index (χ0v) is 15.2. The number of anilines is 1. The first-order valence-corrected chi connectivity index (χ1v) is 9.89. The first kappa shape index (κ1) is 16.8. The van der Waals surface area contributed by atoms with E-state index in [2.05, 4.69) is 27.1 Å². The van der Waals surface area contributed by atoms with Crippen LogP contribution >= 0.6 is 0 Å². The van der Waals surface area contributed by atoms with E-state index in [9.17, 15) is 4.79 Å². The molecule has 1 N–H and O–H groups in total. The molecule has 0 bridgehead atoms. The lowest BCUT2D eigenvalue weighted by Gasteiger charge is -2.31. The molecule has 3 heterocycles. The van der Waals surface area contributed by atoms with Crippen LogP contribution in [-0.2, 0) is 4.79 Å².